The molecule has 0 heterocycles. The highest BCUT2D eigenvalue weighted by Crippen LogP contribution is 2.27. The second-order valence-electron chi connectivity index (χ2n) is 4.91. The summed E-state index contributed by atoms with van der Waals surface area (Å²) in [6, 6.07) is 11.3. The van der Waals surface area contributed by atoms with E-state index in [4.69, 9.17) is 0 Å². The molecule has 1 atom stereocenters. The third-order valence-electron chi connectivity index (χ3n) is 3.03. The van der Waals surface area contributed by atoms with E-state index >= 15 is 0 Å². The lowest BCUT2D eigenvalue weighted by atomic mass is 10.1. The number of halogens is 2. The van der Waals surface area contributed by atoms with E-state index in [-0.39, 0.29) is 11.9 Å². The van der Waals surface area contributed by atoms with Gasteiger partial charge in [-0.3, -0.25) is 0 Å². The van der Waals surface area contributed by atoms with Crippen molar-refractivity contribution in [1.82, 2.24) is 0 Å². The topological polar surface area (TPSA) is 12.0 Å². The molecule has 19 heavy (non-hydrogen) atoms. The highest BCUT2D eigenvalue weighted by atomic mass is 79.9. The Kier molecular flexibility index (Phi) is 4.25. The first-order chi connectivity index (χ1) is 8.95. The molecule has 0 saturated heterocycles. The number of anilines is 1. The Balaban J connectivity index is 2.22. The average molecular weight is 322 g/mol. The van der Waals surface area contributed by atoms with Crippen LogP contribution in [0.3, 0.4) is 0 Å². The quantitative estimate of drug-likeness (QED) is 0.800. The molecule has 3 heteroatoms. The molecule has 2 rings (SSSR count). The van der Waals surface area contributed by atoms with Crippen LogP contribution in [0.5, 0.6) is 0 Å². The van der Waals surface area contributed by atoms with Gasteiger partial charge in [0.2, 0.25) is 0 Å². The first-order valence-electron chi connectivity index (χ1n) is 6.25. The molecule has 0 fully saturated rings. The molecule has 0 amide bonds. The summed E-state index contributed by atoms with van der Waals surface area (Å²) in [7, 11) is 0. The van der Waals surface area contributed by atoms with Gasteiger partial charge >= 0.3 is 0 Å². The van der Waals surface area contributed by atoms with E-state index < -0.39 is 0 Å². The maximum atomic E-state index is 13.1. The predicted molar refractivity (Wildman–Crippen MR) is 82.1 cm³/mol. The fraction of sp³-hybridized carbons (Fsp3) is 0.250. The predicted octanol–water partition coefficient (Wildman–Crippen LogP) is 5.38. The van der Waals surface area contributed by atoms with Gasteiger partial charge in [0.25, 0.3) is 0 Å². The van der Waals surface area contributed by atoms with Crippen LogP contribution in [-0.4, -0.2) is 0 Å². The second kappa shape index (κ2) is 5.74. The molecule has 1 nitrogen and oxygen atoms in total. The van der Waals surface area contributed by atoms with Crippen LogP contribution >= 0.6 is 15.9 Å². The molecule has 0 aliphatic rings. The second-order valence-corrected chi connectivity index (χ2v) is 5.76. The Morgan fingerprint density at radius 2 is 1.68 bits per heavy atom. The molecule has 0 spiro atoms. The summed E-state index contributed by atoms with van der Waals surface area (Å²) >= 11 is 3.41. The summed E-state index contributed by atoms with van der Waals surface area (Å²) in [5, 5.41) is 3.45. The molecule has 1 unspecified atom stereocenters. The lowest BCUT2D eigenvalue weighted by molar-refractivity contribution is 0.625. The van der Waals surface area contributed by atoms with E-state index in [1.54, 1.807) is 6.07 Å². The maximum absolute atomic E-state index is 13.1. The minimum absolute atomic E-state index is 0.108. The van der Waals surface area contributed by atoms with E-state index in [0.717, 1.165) is 15.7 Å². The van der Waals surface area contributed by atoms with Crippen molar-refractivity contribution < 1.29 is 4.39 Å². The third-order valence-corrected chi connectivity index (χ3v) is 3.72. The normalized spacial score (nSPS) is 12.3. The zero-order valence-corrected chi connectivity index (χ0v) is 12.9. The Labute approximate surface area is 122 Å². The molecule has 0 aliphatic carbocycles. The van der Waals surface area contributed by atoms with Gasteiger partial charge in [-0.2, -0.15) is 0 Å². The highest BCUT2D eigenvalue weighted by molar-refractivity contribution is 9.10. The van der Waals surface area contributed by atoms with Crippen molar-refractivity contribution in [1.29, 1.82) is 0 Å². The van der Waals surface area contributed by atoms with Crippen LogP contribution in [0.1, 0.15) is 29.7 Å². The van der Waals surface area contributed by atoms with Crippen LogP contribution in [0.4, 0.5) is 10.1 Å². The van der Waals surface area contributed by atoms with Gasteiger partial charge in [-0.1, -0.05) is 28.1 Å². The van der Waals surface area contributed by atoms with Gasteiger partial charge in [0.1, 0.15) is 5.82 Å². The number of benzene rings is 2. The Morgan fingerprint density at radius 1 is 1.05 bits per heavy atom. The van der Waals surface area contributed by atoms with Crippen molar-refractivity contribution in [3.63, 3.8) is 0 Å². The van der Waals surface area contributed by atoms with Crippen LogP contribution in [0.2, 0.25) is 0 Å². The molecule has 0 saturated carbocycles. The smallest absolute Gasteiger partial charge is 0.124 e. The van der Waals surface area contributed by atoms with Crippen LogP contribution in [-0.2, 0) is 0 Å². The molecule has 2 aromatic rings. The lowest BCUT2D eigenvalue weighted by Gasteiger charge is -2.18. The molecular weight excluding hydrogens is 305 g/mol. The van der Waals surface area contributed by atoms with E-state index in [9.17, 15) is 4.39 Å². The van der Waals surface area contributed by atoms with Crippen molar-refractivity contribution in [2.75, 3.05) is 5.32 Å². The summed E-state index contributed by atoms with van der Waals surface area (Å²) in [5.41, 5.74) is 4.59. The van der Waals surface area contributed by atoms with Gasteiger partial charge in [-0.25, -0.2) is 4.39 Å². The van der Waals surface area contributed by atoms with Crippen LogP contribution in [0, 0.1) is 19.7 Å². The standard InChI is InChI=1S/C16H17BrFN/c1-10-6-11(2)8-14(7-10)19-12(3)15-5-4-13(18)9-16(15)17/h4-9,12,19H,1-3H3. The Morgan fingerprint density at radius 3 is 2.26 bits per heavy atom. The van der Waals surface area contributed by atoms with Gasteiger partial charge < -0.3 is 5.32 Å². The summed E-state index contributed by atoms with van der Waals surface area (Å²) in [6.07, 6.45) is 0. The Bertz CT molecular complexity index is 575. The zero-order chi connectivity index (χ0) is 14.0. The van der Waals surface area contributed by atoms with Gasteiger partial charge in [0.15, 0.2) is 0 Å². The van der Waals surface area contributed by atoms with Crippen molar-refractivity contribution in [2.45, 2.75) is 26.8 Å². The van der Waals surface area contributed by atoms with Crippen molar-refractivity contribution in [3.05, 3.63) is 63.4 Å². The van der Waals surface area contributed by atoms with E-state index in [0.29, 0.717) is 0 Å². The van der Waals surface area contributed by atoms with Gasteiger partial charge in [0.05, 0.1) is 0 Å². The fourth-order valence-electron chi connectivity index (χ4n) is 2.24. The molecule has 1 N–H and O–H groups in total. The van der Waals surface area contributed by atoms with Gasteiger partial charge in [-0.05, 0) is 61.7 Å². The number of aryl methyl sites for hydroxylation is 2. The summed E-state index contributed by atoms with van der Waals surface area (Å²) in [4.78, 5) is 0. The summed E-state index contributed by atoms with van der Waals surface area (Å²) in [5.74, 6) is -0.228. The first-order valence-corrected chi connectivity index (χ1v) is 7.05. The molecule has 0 radical (unpaired) electrons. The molecule has 100 valence electrons. The van der Waals surface area contributed by atoms with Crippen molar-refractivity contribution >= 4 is 21.6 Å². The van der Waals surface area contributed by atoms with Crippen molar-refractivity contribution in [2.24, 2.45) is 0 Å². The van der Waals surface area contributed by atoms with Gasteiger partial charge in [-0.15, -0.1) is 0 Å². The van der Waals surface area contributed by atoms with Crippen LogP contribution in [0.25, 0.3) is 0 Å². The van der Waals surface area contributed by atoms with E-state index in [1.165, 1.54) is 23.3 Å². The summed E-state index contributed by atoms with van der Waals surface area (Å²) in [6.45, 7) is 6.23. The van der Waals surface area contributed by atoms with E-state index in [2.05, 4.69) is 60.2 Å². The van der Waals surface area contributed by atoms with Crippen molar-refractivity contribution in [3.8, 4) is 0 Å². The number of nitrogens with one attached hydrogen (secondary N) is 1. The van der Waals surface area contributed by atoms with Gasteiger partial charge in [0, 0.05) is 16.2 Å². The zero-order valence-electron chi connectivity index (χ0n) is 11.3. The number of hydrogen-bond donors (Lipinski definition) is 1. The average Bonchev–Trinajstić information content (AvgIpc) is 2.26. The Hall–Kier alpha value is -1.35. The van der Waals surface area contributed by atoms with Crippen LogP contribution < -0.4 is 5.32 Å². The molecule has 0 aromatic heterocycles. The third kappa shape index (κ3) is 3.57. The molecule has 0 bridgehead atoms. The number of rotatable bonds is 3. The lowest BCUT2D eigenvalue weighted by Crippen LogP contribution is -2.07. The minimum atomic E-state index is -0.228. The molecule has 0 aliphatic heterocycles. The van der Waals surface area contributed by atoms with Crippen LogP contribution in [0.15, 0.2) is 40.9 Å². The molecular formula is C16H17BrFN. The maximum Gasteiger partial charge on any atom is 0.124 e. The summed E-state index contributed by atoms with van der Waals surface area (Å²) < 4.78 is 13.9. The first kappa shape index (κ1) is 14.1. The monoisotopic (exact) mass is 321 g/mol. The minimum Gasteiger partial charge on any atom is -0.378 e. The largest absolute Gasteiger partial charge is 0.378 e. The number of hydrogen-bond acceptors (Lipinski definition) is 1. The molecule has 2 aromatic carbocycles. The fourth-order valence-corrected chi connectivity index (χ4v) is 2.93. The SMILES string of the molecule is Cc1cc(C)cc(NC(C)c2ccc(F)cc2Br)c1. The highest BCUT2D eigenvalue weighted by Gasteiger charge is 2.10. The van der Waals surface area contributed by atoms with E-state index in [1.807, 2.05) is 0 Å².